The van der Waals surface area contributed by atoms with Crippen LogP contribution >= 0.6 is 0 Å². The van der Waals surface area contributed by atoms with Crippen molar-refractivity contribution in [3.8, 4) is 0 Å². The highest BCUT2D eigenvalue weighted by Crippen LogP contribution is 2.14. The van der Waals surface area contributed by atoms with Crippen LogP contribution in [0.1, 0.15) is 13.8 Å². The quantitative estimate of drug-likeness (QED) is 0.547. The van der Waals surface area contributed by atoms with Gasteiger partial charge in [-0.05, 0) is 26.0 Å². The third-order valence-electron chi connectivity index (χ3n) is 3.91. The zero-order valence-electron chi connectivity index (χ0n) is 15.1. The van der Waals surface area contributed by atoms with E-state index in [2.05, 4.69) is 25.5 Å². The molecule has 0 unspecified atom stereocenters. The van der Waals surface area contributed by atoms with Crippen molar-refractivity contribution in [2.75, 3.05) is 50.4 Å². The molecule has 0 aliphatic carbocycles. The molecule has 0 aromatic carbocycles. The van der Waals surface area contributed by atoms with Crippen LogP contribution in [0.5, 0.6) is 0 Å². The van der Waals surface area contributed by atoms with Gasteiger partial charge in [0, 0.05) is 52.0 Å². The molecule has 1 aliphatic heterocycles. The summed E-state index contributed by atoms with van der Waals surface area (Å²) < 4.78 is 26.6. The number of nitrogens with one attached hydrogen (secondary N) is 2. The van der Waals surface area contributed by atoms with E-state index in [4.69, 9.17) is 0 Å². The number of piperazine rings is 1. The number of nitrogens with zero attached hydrogens (tertiary/aromatic N) is 4. The monoisotopic (exact) mass is 368 g/mol. The Bertz CT molecular complexity index is 654. The molecule has 2 N–H and O–H groups in total. The van der Waals surface area contributed by atoms with Crippen LogP contribution in [0.25, 0.3) is 0 Å². The number of pyridine rings is 1. The van der Waals surface area contributed by atoms with Gasteiger partial charge >= 0.3 is 0 Å². The second kappa shape index (κ2) is 9.00. The van der Waals surface area contributed by atoms with Crippen molar-refractivity contribution in [2.24, 2.45) is 4.99 Å². The van der Waals surface area contributed by atoms with Crippen molar-refractivity contribution in [2.45, 2.75) is 19.9 Å². The molecule has 0 saturated carbocycles. The Labute approximate surface area is 150 Å². The maximum atomic E-state index is 12.5. The van der Waals surface area contributed by atoms with Crippen LogP contribution in [-0.2, 0) is 10.0 Å². The fourth-order valence-electron chi connectivity index (χ4n) is 2.63. The fourth-order valence-corrected chi connectivity index (χ4v) is 3.97. The third kappa shape index (κ3) is 5.86. The van der Waals surface area contributed by atoms with Crippen molar-refractivity contribution < 1.29 is 8.42 Å². The summed E-state index contributed by atoms with van der Waals surface area (Å²) in [5, 5.41) is 6.18. The van der Waals surface area contributed by atoms with E-state index in [0.29, 0.717) is 38.7 Å². The number of aliphatic imine (C=N–C) groups is 1. The minimum absolute atomic E-state index is 0.0510. The van der Waals surface area contributed by atoms with E-state index in [1.807, 2.05) is 32.0 Å². The zero-order valence-corrected chi connectivity index (χ0v) is 16.0. The minimum Gasteiger partial charge on any atom is -0.355 e. The number of sulfonamides is 1. The smallest absolute Gasteiger partial charge is 0.215 e. The topological polar surface area (TPSA) is 89.9 Å². The molecule has 8 nitrogen and oxygen atoms in total. The Morgan fingerprint density at radius 2 is 2.00 bits per heavy atom. The zero-order chi connectivity index (χ0) is 18.3. The second-order valence-corrected chi connectivity index (χ2v) is 8.28. The van der Waals surface area contributed by atoms with Gasteiger partial charge in [0.2, 0.25) is 10.0 Å². The number of anilines is 1. The van der Waals surface area contributed by atoms with Crippen molar-refractivity contribution in [3.05, 3.63) is 24.4 Å². The largest absolute Gasteiger partial charge is 0.355 e. The molecule has 1 aliphatic rings. The van der Waals surface area contributed by atoms with E-state index in [1.165, 1.54) is 0 Å². The molecule has 140 valence electrons. The number of hydrogen-bond donors (Lipinski definition) is 2. The molecule has 2 heterocycles. The molecule has 25 heavy (non-hydrogen) atoms. The summed E-state index contributed by atoms with van der Waals surface area (Å²) in [6.07, 6.45) is 1.75. The van der Waals surface area contributed by atoms with Crippen LogP contribution in [0.15, 0.2) is 29.4 Å². The third-order valence-corrected chi connectivity index (χ3v) is 5.78. The van der Waals surface area contributed by atoms with E-state index in [-0.39, 0.29) is 11.8 Å². The lowest BCUT2D eigenvalue weighted by molar-refractivity contribution is 0.384. The van der Waals surface area contributed by atoms with Crippen LogP contribution in [0.4, 0.5) is 5.82 Å². The molecule has 0 bridgehead atoms. The number of hydrogen-bond acceptors (Lipinski definition) is 5. The van der Waals surface area contributed by atoms with Gasteiger partial charge in [-0.3, -0.25) is 4.99 Å². The van der Waals surface area contributed by atoms with Gasteiger partial charge in [0.05, 0.1) is 5.75 Å². The summed E-state index contributed by atoms with van der Waals surface area (Å²) in [6, 6.07) is 6.00. The van der Waals surface area contributed by atoms with Crippen LogP contribution in [-0.4, -0.2) is 75.2 Å². The fraction of sp³-hybridized carbons (Fsp3) is 0.625. The molecule has 0 amide bonds. The lowest BCUT2D eigenvalue weighted by atomic mass is 10.3. The highest BCUT2D eigenvalue weighted by molar-refractivity contribution is 7.89. The second-order valence-electron chi connectivity index (χ2n) is 6.19. The first-order valence-electron chi connectivity index (χ1n) is 8.53. The van der Waals surface area contributed by atoms with E-state index < -0.39 is 10.0 Å². The summed E-state index contributed by atoms with van der Waals surface area (Å²) in [7, 11) is -1.61. The molecule has 0 spiro atoms. The molecule has 1 saturated heterocycles. The van der Waals surface area contributed by atoms with E-state index >= 15 is 0 Å². The van der Waals surface area contributed by atoms with E-state index in [1.54, 1.807) is 17.5 Å². The van der Waals surface area contributed by atoms with E-state index in [0.717, 1.165) is 5.82 Å². The predicted octanol–water partition coefficient (Wildman–Crippen LogP) is 0.107. The number of guanidine groups is 1. The van der Waals surface area contributed by atoms with Crippen LogP contribution in [0.3, 0.4) is 0 Å². The summed E-state index contributed by atoms with van der Waals surface area (Å²) in [5.41, 5.74) is 0. The van der Waals surface area contributed by atoms with Crippen LogP contribution < -0.4 is 15.5 Å². The SMILES string of the molecule is CN=C(NCCS(=O)(=O)N1CCN(c2ccccn2)CC1)NC(C)C. The highest BCUT2D eigenvalue weighted by atomic mass is 32.2. The molecule has 0 radical (unpaired) electrons. The van der Waals surface area contributed by atoms with Gasteiger partial charge in [-0.2, -0.15) is 4.31 Å². The van der Waals surface area contributed by atoms with Gasteiger partial charge in [0.25, 0.3) is 0 Å². The van der Waals surface area contributed by atoms with Crippen LogP contribution in [0.2, 0.25) is 0 Å². The lowest BCUT2D eigenvalue weighted by Crippen LogP contribution is -2.50. The summed E-state index contributed by atoms with van der Waals surface area (Å²) >= 11 is 0. The summed E-state index contributed by atoms with van der Waals surface area (Å²) in [4.78, 5) is 10.5. The molecule has 9 heteroatoms. The molecular formula is C16H28N6O2S. The maximum Gasteiger partial charge on any atom is 0.215 e. The van der Waals surface area contributed by atoms with Crippen molar-refractivity contribution in [3.63, 3.8) is 0 Å². The van der Waals surface area contributed by atoms with Gasteiger partial charge in [-0.25, -0.2) is 13.4 Å². The number of rotatable bonds is 6. The Hall–Kier alpha value is -1.87. The Kier molecular flexibility index (Phi) is 7.01. The van der Waals surface area contributed by atoms with Gasteiger partial charge in [-0.1, -0.05) is 6.07 Å². The minimum atomic E-state index is -3.28. The standard InChI is InChI=1S/C16H28N6O2S/c1-14(2)20-16(17-3)19-8-13-25(23,24)22-11-9-21(10-12-22)15-6-4-5-7-18-15/h4-7,14H,8-13H2,1-3H3,(H2,17,19,20). The summed E-state index contributed by atoms with van der Waals surface area (Å²) in [6.45, 7) is 6.61. The van der Waals surface area contributed by atoms with E-state index in [9.17, 15) is 8.42 Å². The lowest BCUT2D eigenvalue weighted by Gasteiger charge is -2.34. The van der Waals surface area contributed by atoms with Gasteiger partial charge < -0.3 is 15.5 Å². The predicted molar refractivity (Wildman–Crippen MR) is 101 cm³/mol. The van der Waals surface area contributed by atoms with Gasteiger partial charge in [0.1, 0.15) is 5.82 Å². The van der Waals surface area contributed by atoms with Crippen LogP contribution in [0, 0.1) is 0 Å². The normalized spacial score (nSPS) is 17.0. The molecule has 1 aromatic heterocycles. The first kappa shape index (κ1) is 19.5. The Morgan fingerprint density at radius 1 is 1.28 bits per heavy atom. The summed E-state index contributed by atoms with van der Waals surface area (Å²) in [5.74, 6) is 1.56. The average molecular weight is 369 g/mol. The van der Waals surface area contributed by atoms with Crippen molar-refractivity contribution >= 4 is 21.8 Å². The highest BCUT2D eigenvalue weighted by Gasteiger charge is 2.27. The van der Waals surface area contributed by atoms with Crippen molar-refractivity contribution in [1.29, 1.82) is 0 Å². The Balaban J connectivity index is 1.81. The number of aromatic nitrogens is 1. The van der Waals surface area contributed by atoms with Gasteiger partial charge in [0.15, 0.2) is 5.96 Å². The molecular weight excluding hydrogens is 340 g/mol. The average Bonchev–Trinajstić information content (AvgIpc) is 2.61. The molecule has 1 aromatic rings. The molecule has 2 rings (SSSR count). The first-order valence-corrected chi connectivity index (χ1v) is 10.1. The van der Waals surface area contributed by atoms with Gasteiger partial charge in [-0.15, -0.1) is 0 Å². The first-order chi connectivity index (χ1) is 11.9. The van der Waals surface area contributed by atoms with Crippen molar-refractivity contribution in [1.82, 2.24) is 19.9 Å². The Morgan fingerprint density at radius 3 is 2.56 bits per heavy atom. The molecule has 0 atom stereocenters. The molecule has 1 fully saturated rings. The maximum absolute atomic E-state index is 12.5.